The first-order valence-electron chi connectivity index (χ1n) is 11.3. The summed E-state index contributed by atoms with van der Waals surface area (Å²) >= 11 is 0. The Morgan fingerprint density at radius 2 is 2.06 bits per heavy atom. The van der Waals surface area contributed by atoms with Gasteiger partial charge in [0.15, 0.2) is 0 Å². The molecule has 1 aromatic carbocycles. The number of aromatic nitrogens is 1. The van der Waals surface area contributed by atoms with E-state index < -0.39 is 0 Å². The highest BCUT2D eigenvalue weighted by molar-refractivity contribution is 5.92. The van der Waals surface area contributed by atoms with Gasteiger partial charge >= 0.3 is 0 Å². The Morgan fingerprint density at radius 3 is 2.75 bits per heavy atom. The van der Waals surface area contributed by atoms with E-state index in [1.165, 1.54) is 0 Å². The summed E-state index contributed by atoms with van der Waals surface area (Å²) in [5.41, 5.74) is 5.93. The molecule has 1 aliphatic heterocycles. The number of hydrogen-bond acceptors (Lipinski definition) is 5. The highest BCUT2D eigenvalue weighted by atomic mass is 16.5. The third kappa shape index (κ3) is 6.26. The van der Waals surface area contributed by atoms with Crippen LogP contribution in [0.4, 0.5) is 5.69 Å². The van der Waals surface area contributed by atoms with E-state index >= 15 is 0 Å². The van der Waals surface area contributed by atoms with E-state index in [9.17, 15) is 4.79 Å². The first kappa shape index (κ1) is 23.7. The fraction of sp³-hybridized carbons (Fsp3) is 0.423. The fourth-order valence-corrected chi connectivity index (χ4v) is 3.88. The number of ether oxygens (including phenoxy) is 2. The summed E-state index contributed by atoms with van der Waals surface area (Å²) in [6.45, 7) is 7.49. The van der Waals surface area contributed by atoms with Crippen LogP contribution < -0.4 is 10.1 Å². The number of rotatable bonds is 8. The van der Waals surface area contributed by atoms with Gasteiger partial charge in [-0.2, -0.15) is 0 Å². The SMILES string of the molecule is CC=N/C(=C\CC(=O)Nc1ccc(C)c(-c2cc(OC)nc(C3CCOCC3)c2)c1)CC. The van der Waals surface area contributed by atoms with Gasteiger partial charge in [0.25, 0.3) is 0 Å². The first-order valence-corrected chi connectivity index (χ1v) is 11.3. The Kier molecular flexibility index (Phi) is 8.56. The fourth-order valence-electron chi connectivity index (χ4n) is 3.88. The lowest BCUT2D eigenvalue weighted by Gasteiger charge is -2.22. The van der Waals surface area contributed by atoms with Crippen LogP contribution in [-0.2, 0) is 9.53 Å². The highest BCUT2D eigenvalue weighted by Crippen LogP contribution is 2.33. The maximum absolute atomic E-state index is 12.5. The number of methoxy groups -OCH3 is 1. The van der Waals surface area contributed by atoms with Crippen molar-refractivity contribution in [1.82, 2.24) is 4.98 Å². The van der Waals surface area contributed by atoms with Crippen LogP contribution in [0, 0.1) is 6.92 Å². The van der Waals surface area contributed by atoms with Gasteiger partial charge in [0.1, 0.15) is 0 Å². The third-order valence-corrected chi connectivity index (χ3v) is 5.68. The van der Waals surface area contributed by atoms with E-state index in [1.54, 1.807) is 13.3 Å². The Labute approximate surface area is 190 Å². The number of amides is 1. The molecular weight excluding hydrogens is 402 g/mol. The van der Waals surface area contributed by atoms with Gasteiger partial charge in [0.2, 0.25) is 11.8 Å². The van der Waals surface area contributed by atoms with E-state index in [4.69, 9.17) is 14.5 Å². The van der Waals surface area contributed by atoms with Crippen molar-refractivity contribution in [2.24, 2.45) is 4.99 Å². The molecule has 6 heteroatoms. The summed E-state index contributed by atoms with van der Waals surface area (Å²) in [5.74, 6) is 0.907. The standard InChI is InChI=1S/C26H33N3O3/c1-5-21(27-6-2)9-10-25(30)28-22-8-7-18(3)23(17-22)20-15-24(29-26(16-20)31-4)19-11-13-32-14-12-19/h6-9,15-17,19H,5,10-14H2,1-4H3,(H,28,30)/b21-9-,27-6?. The van der Waals surface area contributed by atoms with Gasteiger partial charge in [-0.15, -0.1) is 0 Å². The molecule has 1 saturated heterocycles. The predicted molar refractivity (Wildman–Crippen MR) is 130 cm³/mol. The molecule has 1 N–H and O–H groups in total. The molecule has 0 radical (unpaired) electrons. The number of hydrogen-bond donors (Lipinski definition) is 1. The average molecular weight is 436 g/mol. The lowest BCUT2D eigenvalue weighted by Crippen LogP contribution is -2.15. The predicted octanol–water partition coefficient (Wildman–Crippen LogP) is 5.67. The summed E-state index contributed by atoms with van der Waals surface area (Å²) in [5, 5.41) is 3.01. The first-order chi connectivity index (χ1) is 15.5. The van der Waals surface area contributed by atoms with Crippen LogP contribution in [-0.4, -0.2) is 37.4 Å². The monoisotopic (exact) mass is 435 g/mol. The Balaban J connectivity index is 1.84. The van der Waals surface area contributed by atoms with Gasteiger partial charge in [-0.05, 0) is 68.0 Å². The summed E-state index contributed by atoms with van der Waals surface area (Å²) in [6.07, 6.45) is 6.63. The second kappa shape index (κ2) is 11.6. The largest absolute Gasteiger partial charge is 0.481 e. The van der Waals surface area contributed by atoms with E-state index in [0.717, 1.165) is 66.2 Å². The molecule has 1 amide bonds. The lowest BCUT2D eigenvalue weighted by molar-refractivity contribution is -0.115. The zero-order valence-corrected chi connectivity index (χ0v) is 19.5. The number of anilines is 1. The normalized spacial score (nSPS) is 15.2. The smallest absolute Gasteiger partial charge is 0.228 e. The minimum Gasteiger partial charge on any atom is -0.481 e. The second-order valence-electron chi connectivity index (χ2n) is 7.93. The Morgan fingerprint density at radius 1 is 1.28 bits per heavy atom. The average Bonchev–Trinajstić information content (AvgIpc) is 2.83. The summed E-state index contributed by atoms with van der Waals surface area (Å²) in [6, 6.07) is 10.1. The van der Waals surface area contributed by atoms with Crippen molar-refractivity contribution in [3.05, 3.63) is 53.4 Å². The molecule has 1 aromatic heterocycles. The van der Waals surface area contributed by atoms with Crippen molar-refractivity contribution in [2.45, 2.75) is 52.4 Å². The van der Waals surface area contributed by atoms with Crippen LogP contribution in [0.15, 0.2) is 47.1 Å². The van der Waals surface area contributed by atoms with Crippen LogP contribution in [0.1, 0.15) is 56.7 Å². The van der Waals surface area contributed by atoms with Crippen LogP contribution >= 0.6 is 0 Å². The summed E-state index contributed by atoms with van der Waals surface area (Å²) in [4.78, 5) is 21.5. The number of nitrogens with one attached hydrogen (secondary N) is 1. The van der Waals surface area contributed by atoms with Gasteiger partial charge in [-0.25, -0.2) is 4.98 Å². The van der Waals surface area contributed by atoms with Crippen molar-refractivity contribution in [3.8, 4) is 17.0 Å². The number of carbonyl (C=O) groups excluding carboxylic acids is 1. The molecule has 32 heavy (non-hydrogen) atoms. The van der Waals surface area contributed by atoms with Gasteiger partial charge in [0, 0.05) is 54.9 Å². The van der Waals surface area contributed by atoms with E-state index in [-0.39, 0.29) is 5.91 Å². The molecule has 1 aliphatic rings. The van der Waals surface area contributed by atoms with Crippen LogP contribution in [0.2, 0.25) is 0 Å². The van der Waals surface area contributed by atoms with Gasteiger partial charge in [0.05, 0.1) is 7.11 Å². The van der Waals surface area contributed by atoms with E-state index in [1.807, 2.05) is 44.2 Å². The number of allylic oxidation sites excluding steroid dienone is 1. The van der Waals surface area contributed by atoms with Gasteiger partial charge in [-0.1, -0.05) is 19.1 Å². The van der Waals surface area contributed by atoms with Crippen molar-refractivity contribution in [1.29, 1.82) is 0 Å². The maximum atomic E-state index is 12.5. The molecular formula is C26H33N3O3. The number of nitrogens with zero attached hydrogens (tertiary/aromatic N) is 2. The maximum Gasteiger partial charge on any atom is 0.228 e. The number of aliphatic imine (C=N–C) groups is 1. The molecule has 170 valence electrons. The Hall–Kier alpha value is -2.99. The molecule has 0 bridgehead atoms. The quantitative estimate of drug-likeness (QED) is 0.542. The molecule has 0 saturated carbocycles. The van der Waals surface area contributed by atoms with E-state index in [0.29, 0.717) is 18.2 Å². The van der Waals surface area contributed by atoms with Crippen molar-refractivity contribution >= 4 is 17.8 Å². The molecule has 1 fully saturated rings. The summed E-state index contributed by atoms with van der Waals surface area (Å²) < 4.78 is 11.0. The van der Waals surface area contributed by atoms with Gasteiger partial charge in [-0.3, -0.25) is 9.79 Å². The van der Waals surface area contributed by atoms with Crippen LogP contribution in [0.3, 0.4) is 0 Å². The molecule has 2 heterocycles. The van der Waals surface area contributed by atoms with Crippen LogP contribution in [0.25, 0.3) is 11.1 Å². The number of pyridine rings is 1. The van der Waals surface area contributed by atoms with Crippen LogP contribution in [0.5, 0.6) is 5.88 Å². The minimum absolute atomic E-state index is 0.0627. The zero-order chi connectivity index (χ0) is 22.9. The summed E-state index contributed by atoms with van der Waals surface area (Å²) in [7, 11) is 1.64. The van der Waals surface area contributed by atoms with Crippen molar-refractivity contribution < 1.29 is 14.3 Å². The van der Waals surface area contributed by atoms with Crippen molar-refractivity contribution in [3.63, 3.8) is 0 Å². The molecule has 0 unspecified atom stereocenters. The highest BCUT2D eigenvalue weighted by Gasteiger charge is 2.19. The minimum atomic E-state index is -0.0627. The molecule has 3 rings (SSSR count). The van der Waals surface area contributed by atoms with Gasteiger partial charge < -0.3 is 14.8 Å². The van der Waals surface area contributed by atoms with Crippen molar-refractivity contribution in [2.75, 3.05) is 25.6 Å². The second-order valence-corrected chi connectivity index (χ2v) is 7.93. The number of aryl methyl sites for hydroxylation is 1. The molecule has 6 nitrogen and oxygen atoms in total. The third-order valence-electron chi connectivity index (χ3n) is 5.68. The number of carbonyl (C=O) groups is 1. The lowest BCUT2D eigenvalue weighted by atomic mass is 9.92. The topological polar surface area (TPSA) is 72.8 Å². The zero-order valence-electron chi connectivity index (χ0n) is 19.5. The Bertz CT molecular complexity index is 992. The van der Waals surface area contributed by atoms with E-state index in [2.05, 4.69) is 23.3 Å². The molecule has 2 aromatic rings. The number of benzene rings is 1. The molecule has 0 spiro atoms. The molecule has 0 aliphatic carbocycles. The molecule has 0 atom stereocenters.